The Hall–Kier alpha value is -0.610. The van der Waals surface area contributed by atoms with E-state index in [-0.39, 0.29) is 5.92 Å². The molecule has 2 saturated heterocycles. The van der Waals surface area contributed by atoms with Gasteiger partial charge in [0.1, 0.15) is 0 Å². The van der Waals surface area contributed by atoms with E-state index in [1.807, 2.05) is 0 Å². The molecule has 0 aromatic rings. The van der Waals surface area contributed by atoms with Crippen LogP contribution in [0.3, 0.4) is 0 Å². The van der Waals surface area contributed by atoms with Crippen LogP contribution < -0.4 is 5.32 Å². The first-order chi connectivity index (χ1) is 12.6. The maximum atomic E-state index is 12.7. The van der Waals surface area contributed by atoms with Gasteiger partial charge in [-0.05, 0) is 93.7 Å². The fourth-order valence-corrected chi connectivity index (χ4v) is 7.34. The van der Waals surface area contributed by atoms with E-state index in [1.54, 1.807) is 19.3 Å². The summed E-state index contributed by atoms with van der Waals surface area (Å²) in [6, 6.07) is 0. The Labute approximate surface area is 159 Å². The third-order valence-corrected chi connectivity index (χ3v) is 8.72. The zero-order chi connectivity index (χ0) is 17.7. The number of hydrogen-bond acceptors (Lipinski definition) is 3. The van der Waals surface area contributed by atoms with Crippen molar-refractivity contribution in [3.63, 3.8) is 0 Å². The number of carbonyl (C=O) groups is 1. The van der Waals surface area contributed by atoms with Gasteiger partial charge in [-0.3, -0.25) is 9.69 Å². The Balaban J connectivity index is 1.10. The molecule has 4 nitrogen and oxygen atoms in total. The summed E-state index contributed by atoms with van der Waals surface area (Å²) in [7, 11) is 0. The number of amides is 1. The van der Waals surface area contributed by atoms with Crippen LogP contribution in [0.15, 0.2) is 0 Å². The van der Waals surface area contributed by atoms with Crippen molar-refractivity contribution in [2.75, 3.05) is 45.8 Å². The summed E-state index contributed by atoms with van der Waals surface area (Å²) in [5, 5.41) is 3.30. The number of nitrogens with one attached hydrogen (secondary N) is 1. The first-order valence-corrected chi connectivity index (χ1v) is 11.3. The van der Waals surface area contributed by atoms with E-state index in [1.165, 1.54) is 32.2 Å². The van der Waals surface area contributed by atoms with E-state index in [0.717, 1.165) is 57.0 Å². The molecule has 146 valence electrons. The Morgan fingerprint density at radius 2 is 1.58 bits per heavy atom. The maximum absolute atomic E-state index is 12.7. The van der Waals surface area contributed by atoms with Gasteiger partial charge in [0.25, 0.3) is 0 Å². The van der Waals surface area contributed by atoms with Gasteiger partial charge in [-0.15, -0.1) is 0 Å². The topological polar surface area (TPSA) is 35.6 Å². The summed E-state index contributed by atoms with van der Waals surface area (Å²) < 4.78 is 0. The predicted octanol–water partition coefficient (Wildman–Crippen LogP) is 2.59. The van der Waals surface area contributed by atoms with Crippen molar-refractivity contribution in [2.45, 2.75) is 51.9 Å². The Morgan fingerprint density at radius 3 is 2.08 bits per heavy atom. The van der Waals surface area contributed by atoms with Gasteiger partial charge in [0, 0.05) is 32.1 Å². The smallest absolute Gasteiger partial charge is 0.225 e. The maximum Gasteiger partial charge on any atom is 0.225 e. The average Bonchev–Trinajstić information content (AvgIpc) is 2.57. The molecule has 1 N–H and O–H groups in total. The Bertz CT molecular complexity index is 500. The summed E-state index contributed by atoms with van der Waals surface area (Å²) in [5.74, 6) is 4.37. The van der Waals surface area contributed by atoms with Gasteiger partial charge in [0.15, 0.2) is 0 Å². The summed E-state index contributed by atoms with van der Waals surface area (Å²) in [5.41, 5.74) is 0.702. The van der Waals surface area contributed by atoms with Gasteiger partial charge in [-0.2, -0.15) is 0 Å². The van der Waals surface area contributed by atoms with Gasteiger partial charge >= 0.3 is 0 Å². The minimum absolute atomic E-state index is 0.204. The highest BCUT2D eigenvalue weighted by molar-refractivity contribution is 5.79. The van der Waals surface area contributed by atoms with E-state index in [9.17, 15) is 4.79 Å². The molecule has 6 rings (SSSR count). The fourth-order valence-electron chi connectivity index (χ4n) is 7.34. The highest BCUT2D eigenvalue weighted by Crippen LogP contribution is 2.61. The molecule has 4 bridgehead atoms. The van der Waals surface area contributed by atoms with Crippen molar-refractivity contribution in [2.24, 2.45) is 35.0 Å². The second-order valence-corrected chi connectivity index (χ2v) is 10.5. The van der Waals surface area contributed by atoms with Crippen molar-refractivity contribution in [3.8, 4) is 0 Å². The van der Waals surface area contributed by atoms with Crippen LogP contribution in [0.2, 0.25) is 0 Å². The molecule has 1 atom stereocenters. The average molecular weight is 360 g/mol. The summed E-state index contributed by atoms with van der Waals surface area (Å²) in [6.45, 7) is 9.54. The molecule has 6 aliphatic rings. The lowest BCUT2D eigenvalue weighted by atomic mass is 9.49. The Morgan fingerprint density at radius 1 is 1.00 bits per heavy atom. The lowest BCUT2D eigenvalue weighted by Crippen LogP contribution is -2.55. The van der Waals surface area contributed by atoms with Gasteiger partial charge in [0.05, 0.1) is 0 Å². The third-order valence-electron chi connectivity index (χ3n) is 8.72. The van der Waals surface area contributed by atoms with Crippen LogP contribution in [-0.4, -0.2) is 61.5 Å². The van der Waals surface area contributed by atoms with Gasteiger partial charge in [-0.1, -0.05) is 6.92 Å². The molecule has 0 aromatic carbocycles. The van der Waals surface area contributed by atoms with Crippen LogP contribution in [-0.2, 0) is 4.79 Å². The number of nitrogens with zero attached hydrogens (tertiary/aromatic N) is 2. The third kappa shape index (κ3) is 3.22. The van der Waals surface area contributed by atoms with Gasteiger partial charge in [-0.25, -0.2) is 0 Å². The highest BCUT2D eigenvalue weighted by atomic mass is 16.2. The van der Waals surface area contributed by atoms with E-state index in [4.69, 9.17) is 0 Å². The molecule has 0 radical (unpaired) electrons. The van der Waals surface area contributed by atoms with Crippen LogP contribution in [0, 0.1) is 35.0 Å². The zero-order valence-corrected chi connectivity index (χ0v) is 16.6. The van der Waals surface area contributed by atoms with Crippen molar-refractivity contribution in [3.05, 3.63) is 0 Å². The molecule has 0 aromatic heterocycles. The van der Waals surface area contributed by atoms with E-state index in [0.29, 0.717) is 17.2 Å². The lowest BCUT2D eigenvalue weighted by molar-refractivity contribution is -0.139. The minimum Gasteiger partial charge on any atom is -0.340 e. The van der Waals surface area contributed by atoms with E-state index >= 15 is 0 Å². The summed E-state index contributed by atoms with van der Waals surface area (Å²) in [6.07, 6.45) is 10.7. The number of piperazine rings is 1. The SMILES string of the molecule is CC(C(=O)N1CCN(CCC23CC4CC(CC(C4)C2)C3)CC1)C1CNC1. The minimum atomic E-state index is 0.204. The number of carbonyl (C=O) groups excluding carboxylic acids is 1. The molecule has 2 aliphatic heterocycles. The zero-order valence-electron chi connectivity index (χ0n) is 16.6. The number of hydrogen-bond donors (Lipinski definition) is 1. The second-order valence-electron chi connectivity index (χ2n) is 10.5. The van der Waals surface area contributed by atoms with Crippen molar-refractivity contribution < 1.29 is 4.79 Å². The standard InChI is InChI=1S/C22H37N3O/c1-16(20-14-23-15-20)21(26)25-6-4-24(5-7-25)3-2-22-11-17-8-18(12-22)10-19(9-17)13-22/h16-20,23H,2-15H2,1H3. The molecule has 26 heavy (non-hydrogen) atoms. The monoisotopic (exact) mass is 359 g/mol. The molecular weight excluding hydrogens is 322 g/mol. The van der Waals surface area contributed by atoms with Gasteiger partial charge < -0.3 is 10.2 Å². The Kier molecular flexibility index (Phi) is 4.55. The molecule has 4 aliphatic carbocycles. The highest BCUT2D eigenvalue weighted by Gasteiger charge is 2.50. The second kappa shape index (κ2) is 6.77. The molecular formula is C22H37N3O. The molecule has 4 saturated carbocycles. The fraction of sp³-hybridized carbons (Fsp3) is 0.955. The normalized spacial score (nSPS) is 41.3. The van der Waals surface area contributed by atoms with Crippen LogP contribution in [0.5, 0.6) is 0 Å². The molecule has 1 amide bonds. The first kappa shape index (κ1) is 17.5. The van der Waals surface area contributed by atoms with Crippen molar-refractivity contribution in [1.82, 2.24) is 15.1 Å². The van der Waals surface area contributed by atoms with Crippen LogP contribution in [0.1, 0.15) is 51.9 Å². The molecule has 2 heterocycles. The van der Waals surface area contributed by atoms with Crippen molar-refractivity contribution >= 4 is 5.91 Å². The predicted molar refractivity (Wildman–Crippen MR) is 104 cm³/mol. The summed E-state index contributed by atoms with van der Waals surface area (Å²) in [4.78, 5) is 17.5. The van der Waals surface area contributed by atoms with E-state index in [2.05, 4.69) is 22.0 Å². The lowest BCUT2D eigenvalue weighted by Gasteiger charge is -2.57. The van der Waals surface area contributed by atoms with Crippen molar-refractivity contribution in [1.29, 1.82) is 0 Å². The molecule has 6 fully saturated rings. The first-order valence-electron chi connectivity index (χ1n) is 11.3. The van der Waals surface area contributed by atoms with Crippen LogP contribution in [0.25, 0.3) is 0 Å². The largest absolute Gasteiger partial charge is 0.340 e. The summed E-state index contributed by atoms with van der Waals surface area (Å²) >= 11 is 0. The van der Waals surface area contributed by atoms with Crippen LogP contribution >= 0.6 is 0 Å². The molecule has 0 spiro atoms. The van der Waals surface area contributed by atoms with Crippen LogP contribution in [0.4, 0.5) is 0 Å². The quantitative estimate of drug-likeness (QED) is 0.820. The molecule has 4 heteroatoms. The van der Waals surface area contributed by atoms with Gasteiger partial charge in [0.2, 0.25) is 5.91 Å². The molecule has 1 unspecified atom stereocenters. The number of rotatable bonds is 5. The van der Waals surface area contributed by atoms with E-state index < -0.39 is 0 Å².